The fourth-order valence-corrected chi connectivity index (χ4v) is 3.73. The summed E-state index contributed by atoms with van der Waals surface area (Å²) in [5.41, 5.74) is 0. The van der Waals surface area contributed by atoms with Gasteiger partial charge in [-0.15, -0.1) is 11.8 Å². The van der Waals surface area contributed by atoms with Crippen molar-refractivity contribution in [2.45, 2.75) is 36.6 Å². The van der Waals surface area contributed by atoms with E-state index in [-0.39, 0.29) is 0 Å². The van der Waals surface area contributed by atoms with Crippen molar-refractivity contribution in [3.63, 3.8) is 0 Å². The Bertz CT molecular complexity index is 455. The normalized spacial score (nSPS) is 19.4. The molecule has 3 nitrogen and oxygen atoms in total. The van der Waals surface area contributed by atoms with Crippen LogP contribution in [0.5, 0.6) is 0 Å². The van der Waals surface area contributed by atoms with Crippen molar-refractivity contribution in [1.29, 1.82) is 0 Å². The second-order valence-corrected chi connectivity index (χ2v) is 7.12. The number of hydrogen-bond acceptors (Lipinski definition) is 3. The standard InChI is InChI=1S/C17H24N2OS/c20-17(13-21-16-4-2-1-3-5-16)19(15-6-7-15)12-14-8-10-18-11-9-14/h1-5,14-15,18H,6-13H2. The number of nitrogens with zero attached hydrogens (tertiary/aromatic N) is 1. The minimum Gasteiger partial charge on any atom is -0.339 e. The van der Waals surface area contributed by atoms with Gasteiger partial charge in [0, 0.05) is 17.5 Å². The fraction of sp³-hybridized carbons (Fsp3) is 0.588. The van der Waals surface area contributed by atoms with Gasteiger partial charge in [-0.05, 0) is 56.8 Å². The van der Waals surface area contributed by atoms with E-state index in [1.54, 1.807) is 11.8 Å². The number of piperidine rings is 1. The molecule has 114 valence electrons. The number of carbonyl (C=O) groups excluding carboxylic acids is 1. The molecule has 2 aliphatic rings. The largest absolute Gasteiger partial charge is 0.339 e. The molecule has 1 aromatic rings. The maximum absolute atomic E-state index is 12.6. The first kappa shape index (κ1) is 14.9. The summed E-state index contributed by atoms with van der Waals surface area (Å²) in [6.07, 6.45) is 4.82. The third-order valence-electron chi connectivity index (χ3n) is 4.33. The number of benzene rings is 1. The van der Waals surface area contributed by atoms with Gasteiger partial charge in [0.15, 0.2) is 0 Å². The minimum atomic E-state index is 0.324. The summed E-state index contributed by atoms with van der Waals surface area (Å²) in [6, 6.07) is 10.8. The molecule has 1 heterocycles. The first-order valence-electron chi connectivity index (χ1n) is 8.01. The lowest BCUT2D eigenvalue weighted by atomic mass is 9.97. The molecule has 2 fully saturated rings. The van der Waals surface area contributed by atoms with E-state index in [2.05, 4.69) is 22.3 Å². The highest BCUT2D eigenvalue weighted by atomic mass is 32.2. The second-order valence-electron chi connectivity index (χ2n) is 6.07. The van der Waals surface area contributed by atoms with Crippen LogP contribution in [0.2, 0.25) is 0 Å². The quantitative estimate of drug-likeness (QED) is 0.820. The molecular weight excluding hydrogens is 280 g/mol. The van der Waals surface area contributed by atoms with E-state index in [4.69, 9.17) is 0 Å². The van der Waals surface area contributed by atoms with Crippen LogP contribution in [-0.4, -0.2) is 42.2 Å². The van der Waals surface area contributed by atoms with Gasteiger partial charge in [0.2, 0.25) is 5.91 Å². The van der Waals surface area contributed by atoms with Crippen LogP contribution in [0.15, 0.2) is 35.2 Å². The lowest BCUT2D eigenvalue weighted by molar-refractivity contribution is -0.129. The summed E-state index contributed by atoms with van der Waals surface area (Å²) in [5, 5.41) is 3.40. The van der Waals surface area contributed by atoms with E-state index < -0.39 is 0 Å². The average Bonchev–Trinajstić information content (AvgIpc) is 3.37. The molecule has 0 atom stereocenters. The van der Waals surface area contributed by atoms with Crippen LogP contribution in [0.1, 0.15) is 25.7 Å². The Kier molecular flexibility index (Phi) is 5.20. The molecule has 1 saturated carbocycles. The number of amides is 1. The Morgan fingerprint density at radius 3 is 2.52 bits per heavy atom. The Hall–Kier alpha value is -1.00. The first-order valence-corrected chi connectivity index (χ1v) is 8.99. The highest BCUT2D eigenvalue weighted by Gasteiger charge is 2.33. The van der Waals surface area contributed by atoms with Crippen molar-refractivity contribution >= 4 is 17.7 Å². The molecule has 0 unspecified atom stereocenters. The van der Waals surface area contributed by atoms with Crippen molar-refractivity contribution in [2.75, 3.05) is 25.4 Å². The predicted octanol–water partition coefficient (Wildman–Crippen LogP) is 2.77. The number of hydrogen-bond donors (Lipinski definition) is 1. The molecule has 1 N–H and O–H groups in total. The lowest BCUT2D eigenvalue weighted by Gasteiger charge is -2.30. The van der Waals surface area contributed by atoms with E-state index in [1.807, 2.05) is 18.2 Å². The molecular formula is C17H24N2OS. The first-order chi connectivity index (χ1) is 10.3. The van der Waals surface area contributed by atoms with E-state index in [1.165, 1.54) is 30.6 Å². The zero-order valence-corrected chi connectivity index (χ0v) is 13.3. The van der Waals surface area contributed by atoms with Gasteiger partial charge in [-0.3, -0.25) is 4.79 Å². The molecule has 0 aromatic heterocycles. The zero-order chi connectivity index (χ0) is 14.5. The van der Waals surface area contributed by atoms with E-state index >= 15 is 0 Å². The lowest BCUT2D eigenvalue weighted by Crippen LogP contribution is -2.41. The minimum absolute atomic E-state index is 0.324. The number of thioether (sulfide) groups is 1. The molecule has 4 heteroatoms. The maximum atomic E-state index is 12.6. The SMILES string of the molecule is O=C(CSc1ccccc1)N(CC1CCNCC1)C1CC1. The van der Waals surface area contributed by atoms with E-state index in [9.17, 15) is 4.79 Å². The summed E-state index contributed by atoms with van der Waals surface area (Å²) in [6.45, 7) is 3.19. The molecule has 3 rings (SSSR count). The molecule has 1 saturated heterocycles. The van der Waals surface area contributed by atoms with Crippen LogP contribution in [0.4, 0.5) is 0 Å². The van der Waals surface area contributed by atoms with Gasteiger partial charge in [-0.2, -0.15) is 0 Å². The van der Waals surface area contributed by atoms with Gasteiger partial charge in [0.25, 0.3) is 0 Å². The van der Waals surface area contributed by atoms with Gasteiger partial charge >= 0.3 is 0 Å². The highest BCUT2D eigenvalue weighted by Crippen LogP contribution is 2.30. The summed E-state index contributed by atoms with van der Waals surface area (Å²) < 4.78 is 0. The Labute approximate surface area is 131 Å². The molecule has 1 aliphatic carbocycles. The van der Waals surface area contributed by atoms with Gasteiger partial charge in [0.05, 0.1) is 5.75 Å². The van der Waals surface area contributed by atoms with Crippen LogP contribution < -0.4 is 5.32 Å². The fourth-order valence-electron chi connectivity index (χ4n) is 2.93. The average molecular weight is 304 g/mol. The molecule has 0 bridgehead atoms. The van der Waals surface area contributed by atoms with Gasteiger partial charge < -0.3 is 10.2 Å². The molecule has 1 aliphatic heterocycles. The summed E-state index contributed by atoms with van der Waals surface area (Å²) >= 11 is 1.66. The summed E-state index contributed by atoms with van der Waals surface area (Å²) in [7, 11) is 0. The van der Waals surface area contributed by atoms with Gasteiger partial charge in [-0.25, -0.2) is 0 Å². The Morgan fingerprint density at radius 2 is 1.86 bits per heavy atom. The van der Waals surface area contributed by atoms with E-state index in [0.29, 0.717) is 23.6 Å². The summed E-state index contributed by atoms with van der Waals surface area (Å²) in [5.74, 6) is 1.59. The number of rotatable bonds is 6. The van der Waals surface area contributed by atoms with Crippen molar-refractivity contribution in [1.82, 2.24) is 10.2 Å². The summed E-state index contributed by atoms with van der Waals surface area (Å²) in [4.78, 5) is 15.9. The molecule has 0 radical (unpaired) electrons. The van der Waals surface area contributed by atoms with Crippen LogP contribution in [-0.2, 0) is 4.79 Å². The van der Waals surface area contributed by atoms with Crippen LogP contribution >= 0.6 is 11.8 Å². The van der Waals surface area contributed by atoms with Crippen LogP contribution in [0.3, 0.4) is 0 Å². The second kappa shape index (κ2) is 7.32. The molecule has 21 heavy (non-hydrogen) atoms. The zero-order valence-electron chi connectivity index (χ0n) is 12.5. The Balaban J connectivity index is 1.52. The van der Waals surface area contributed by atoms with Crippen molar-refractivity contribution < 1.29 is 4.79 Å². The number of carbonyl (C=O) groups is 1. The van der Waals surface area contributed by atoms with E-state index in [0.717, 1.165) is 19.6 Å². The Morgan fingerprint density at radius 1 is 1.14 bits per heavy atom. The third kappa shape index (κ3) is 4.48. The van der Waals surface area contributed by atoms with Crippen molar-refractivity contribution in [3.05, 3.63) is 30.3 Å². The molecule has 0 spiro atoms. The van der Waals surface area contributed by atoms with Crippen molar-refractivity contribution in [3.8, 4) is 0 Å². The molecule has 1 amide bonds. The van der Waals surface area contributed by atoms with Gasteiger partial charge in [-0.1, -0.05) is 18.2 Å². The third-order valence-corrected chi connectivity index (χ3v) is 5.32. The topological polar surface area (TPSA) is 32.3 Å². The maximum Gasteiger partial charge on any atom is 0.233 e. The monoisotopic (exact) mass is 304 g/mol. The van der Waals surface area contributed by atoms with Crippen molar-refractivity contribution in [2.24, 2.45) is 5.92 Å². The molecule has 1 aromatic carbocycles. The van der Waals surface area contributed by atoms with Crippen LogP contribution in [0, 0.1) is 5.92 Å². The number of nitrogens with one attached hydrogen (secondary N) is 1. The van der Waals surface area contributed by atoms with Crippen LogP contribution in [0.25, 0.3) is 0 Å². The highest BCUT2D eigenvalue weighted by molar-refractivity contribution is 8.00. The van der Waals surface area contributed by atoms with Gasteiger partial charge in [0.1, 0.15) is 0 Å². The predicted molar refractivity (Wildman–Crippen MR) is 87.5 cm³/mol. The smallest absolute Gasteiger partial charge is 0.233 e.